The Morgan fingerprint density at radius 3 is 2.38 bits per heavy atom. The first-order valence-electron chi connectivity index (χ1n) is 7.27. The molecule has 0 radical (unpaired) electrons. The highest BCUT2D eigenvalue weighted by molar-refractivity contribution is 7.89. The van der Waals surface area contributed by atoms with Gasteiger partial charge in [-0.25, -0.2) is 13.1 Å². The summed E-state index contributed by atoms with van der Waals surface area (Å²) in [6.45, 7) is 0.636. The fourth-order valence-electron chi connectivity index (χ4n) is 2.74. The average molecular weight is 344 g/mol. The summed E-state index contributed by atoms with van der Waals surface area (Å²) in [5.41, 5.74) is 2.34. The Kier molecular flexibility index (Phi) is 3.43. The second-order valence-corrected chi connectivity index (χ2v) is 7.42. The van der Waals surface area contributed by atoms with E-state index in [-0.39, 0.29) is 4.90 Å². The highest BCUT2D eigenvalue weighted by Gasteiger charge is 2.30. The summed E-state index contributed by atoms with van der Waals surface area (Å²) < 4.78 is 41.6. The first kappa shape index (κ1) is 15.0. The Morgan fingerprint density at radius 2 is 1.71 bits per heavy atom. The van der Waals surface area contributed by atoms with Gasteiger partial charge in [0.05, 0.1) is 16.8 Å². The van der Waals surface area contributed by atoms with Gasteiger partial charge in [0.1, 0.15) is 0 Å². The van der Waals surface area contributed by atoms with Crippen molar-refractivity contribution in [3.05, 3.63) is 72.1 Å². The summed E-state index contributed by atoms with van der Waals surface area (Å²) >= 11 is 0. The molecule has 0 amide bonds. The van der Waals surface area contributed by atoms with Crippen molar-refractivity contribution in [1.29, 1.82) is 0 Å². The Bertz CT molecular complexity index is 974. The van der Waals surface area contributed by atoms with Crippen LogP contribution in [0.25, 0.3) is 5.69 Å². The molecule has 8 heteroatoms. The SMILES string of the molecule is O=S(=O)(c1ccc(-n2nccc2F)cc1)N1Cc2ccncc2C1. The van der Waals surface area contributed by atoms with Crippen LogP contribution < -0.4 is 0 Å². The van der Waals surface area contributed by atoms with Crippen LogP contribution in [0.4, 0.5) is 4.39 Å². The molecule has 0 atom stereocenters. The maximum atomic E-state index is 13.5. The number of sulfonamides is 1. The predicted molar refractivity (Wildman–Crippen MR) is 84.2 cm³/mol. The normalized spacial score (nSPS) is 14.7. The minimum absolute atomic E-state index is 0.166. The van der Waals surface area contributed by atoms with E-state index in [0.29, 0.717) is 18.8 Å². The third-order valence-corrected chi connectivity index (χ3v) is 5.82. The quantitative estimate of drug-likeness (QED) is 0.730. The number of nitrogens with zero attached hydrogens (tertiary/aromatic N) is 4. The largest absolute Gasteiger partial charge is 0.264 e. The fraction of sp³-hybridized carbons (Fsp3) is 0.125. The van der Waals surface area contributed by atoms with Gasteiger partial charge in [0.25, 0.3) is 0 Å². The van der Waals surface area contributed by atoms with Gasteiger partial charge in [-0.3, -0.25) is 4.98 Å². The number of halogens is 1. The second kappa shape index (κ2) is 5.50. The van der Waals surface area contributed by atoms with Crippen LogP contribution in [-0.2, 0) is 23.1 Å². The Hall–Kier alpha value is -2.58. The van der Waals surface area contributed by atoms with Crippen LogP contribution in [0.2, 0.25) is 0 Å². The smallest absolute Gasteiger partial charge is 0.243 e. The van der Waals surface area contributed by atoms with Gasteiger partial charge in [0, 0.05) is 31.5 Å². The van der Waals surface area contributed by atoms with Crippen LogP contribution in [0.5, 0.6) is 0 Å². The Balaban J connectivity index is 1.63. The molecular weight excluding hydrogens is 331 g/mol. The van der Waals surface area contributed by atoms with Crippen LogP contribution in [0.1, 0.15) is 11.1 Å². The van der Waals surface area contributed by atoms with Gasteiger partial charge in [0.2, 0.25) is 16.0 Å². The van der Waals surface area contributed by atoms with Crippen molar-refractivity contribution in [2.24, 2.45) is 0 Å². The molecule has 1 aliphatic rings. The number of hydrogen-bond acceptors (Lipinski definition) is 4. The van der Waals surface area contributed by atoms with E-state index >= 15 is 0 Å². The fourth-order valence-corrected chi connectivity index (χ4v) is 4.14. The number of aromatic nitrogens is 3. The lowest BCUT2D eigenvalue weighted by Crippen LogP contribution is -2.25. The highest BCUT2D eigenvalue weighted by atomic mass is 32.2. The van der Waals surface area contributed by atoms with E-state index in [1.165, 1.54) is 40.8 Å². The molecule has 4 rings (SSSR count). The minimum Gasteiger partial charge on any atom is -0.264 e. The van der Waals surface area contributed by atoms with Crippen LogP contribution >= 0.6 is 0 Å². The van der Waals surface area contributed by atoms with Gasteiger partial charge in [0.15, 0.2) is 0 Å². The number of benzene rings is 1. The molecule has 0 saturated carbocycles. The van der Waals surface area contributed by atoms with Gasteiger partial charge >= 0.3 is 0 Å². The molecule has 0 spiro atoms. The Morgan fingerprint density at radius 1 is 0.958 bits per heavy atom. The van der Waals surface area contributed by atoms with Crippen molar-refractivity contribution in [2.45, 2.75) is 18.0 Å². The van der Waals surface area contributed by atoms with Crippen molar-refractivity contribution in [2.75, 3.05) is 0 Å². The molecule has 0 unspecified atom stereocenters. The topological polar surface area (TPSA) is 68.1 Å². The molecule has 122 valence electrons. The molecule has 1 aliphatic heterocycles. The summed E-state index contributed by atoms with van der Waals surface area (Å²) in [6, 6.07) is 9.07. The van der Waals surface area contributed by atoms with E-state index in [4.69, 9.17) is 0 Å². The molecule has 0 bridgehead atoms. The maximum Gasteiger partial charge on any atom is 0.243 e. The van der Waals surface area contributed by atoms with Crippen molar-refractivity contribution in [1.82, 2.24) is 19.1 Å². The van der Waals surface area contributed by atoms with Crippen LogP contribution in [0.3, 0.4) is 0 Å². The molecule has 2 aromatic heterocycles. The number of fused-ring (bicyclic) bond motifs is 1. The third kappa shape index (κ3) is 2.40. The molecule has 0 saturated heterocycles. The maximum absolute atomic E-state index is 13.5. The lowest BCUT2D eigenvalue weighted by Gasteiger charge is -2.16. The summed E-state index contributed by atoms with van der Waals surface area (Å²) in [5.74, 6) is -0.506. The van der Waals surface area contributed by atoms with Gasteiger partial charge in [-0.15, -0.1) is 0 Å². The van der Waals surface area contributed by atoms with Crippen molar-refractivity contribution in [3.8, 4) is 5.69 Å². The zero-order chi connectivity index (χ0) is 16.7. The number of hydrogen-bond donors (Lipinski definition) is 0. The molecule has 3 aromatic rings. The van der Waals surface area contributed by atoms with Gasteiger partial charge in [-0.1, -0.05) is 0 Å². The lowest BCUT2D eigenvalue weighted by atomic mass is 10.2. The molecule has 3 heterocycles. The third-order valence-electron chi connectivity index (χ3n) is 4.01. The van der Waals surface area contributed by atoms with E-state index in [0.717, 1.165) is 15.8 Å². The summed E-state index contributed by atoms with van der Waals surface area (Å²) in [5, 5.41) is 3.86. The number of pyridine rings is 1. The van der Waals surface area contributed by atoms with Gasteiger partial charge in [-0.2, -0.15) is 13.8 Å². The van der Waals surface area contributed by atoms with Crippen LogP contribution in [0.15, 0.2) is 59.9 Å². The predicted octanol–water partition coefficient (Wildman–Crippen LogP) is 2.11. The molecule has 0 aliphatic carbocycles. The van der Waals surface area contributed by atoms with E-state index < -0.39 is 16.0 Å². The van der Waals surface area contributed by atoms with Crippen molar-refractivity contribution >= 4 is 10.0 Å². The standard InChI is InChI=1S/C16H13FN4O2S/c17-16-6-8-19-21(16)14-1-3-15(4-2-14)24(22,23)20-10-12-5-7-18-9-13(12)11-20/h1-9H,10-11H2. The molecule has 24 heavy (non-hydrogen) atoms. The average Bonchev–Trinajstić information content (AvgIpc) is 3.21. The zero-order valence-electron chi connectivity index (χ0n) is 12.5. The minimum atomic E-state index is -3.62. The second-order valence-electron chi connectivity index (χ2n) is 5.48. The van der Waals surface area contributed by atoms with Gasteiger partial charge in [-0.05, 0) is 41.5 Å². The van der Waals surface area contributed by atoms with E-state index in [9.17, 15) is 12.8 Å². The van der Waals surface area contributed by atoms with Crippen LogP contribution in [0, 0.1) is 5.95 Å². The van der Waals surface area contributed by atoms with E-state index in [1.807, 2.05) is 6.07 Å². The molecule has 0 fully saturated rings. The zero-order valence-corrected chi connectivity index (χ0v) is 13.3. The lowest BCUT2D eigenvalue weighted by molar-refractivity contribution is 0.431. The Labute approximate surface area is 138 Å². The first-order valence-corrected chi connectivity index (χ1v) is 8.71. The monoisotopic (exact) mass is 344 g/mol. The van der Waals surface area contributed by atoms with Crippen molar-refractivity contribution < 1.29 is 12.8 Å². The van der Waals surface area contributed by atoms with Gasteiger partial charge < -0.3 is 0 Å². The first-order chi connectivity index (χ1) is 11.6. The number of rotatable bonds is 3. The highest BCUT2D eigenvalue weighted by Crippen LogP contribution is 2.28. The molecular formula is C16H13FN4O2S. The van der Waals surface area contributed by atoms with E-state index in [1.54, 1.807) is 12.4 Å². The van der Waals surface area contributed by atoms with Crippen LogP contribution in [-0.4, -0.2) is 27.5 Å². The molecule has 6 nitrogen and oxygen atoms in total. The van der Waals surface area contributed by atoms with Crippen molar-refractivity contribution in [3.63, 3.8) is 0 Å². The molecule has 0 N–H and O–H groups in total. The summed E-state index contributed by atoms with van der Waals surface area (Å²) in [6.07, 6.45) is 4.69. The molecule has 1 aromatic carbocycles. The van der Waals surface area contributed by atoms with E-state index in [2.05, 4.69) is 10.1 Å². The summed E-state index contributed by atoms with van der Waals surface area (Å²) in [7, 11) is -3.62. The summed E-state index contributed by atoms with van der Waals surface area (Å²) in [4.78, 5) is 4.19.